The Morgan fingerprint density at radius 2 is 2.03 bits per heavy atom. The second-order valence-corrected chi connectivity index (χ2v) is 11.9. The van der Waals surface area contributed by atoms with Crippen molar-refractivity contribution in [1.29, 1.82) is 0 Å². The van der Waals surface area contributed by atoms with E-state index in [0.717, 1.165) is 65.5 Å². The van der Waals surface area contributed by atoms with E-state index in [1.54, 1.807) is 7.11 Å². The Kier molecular flexibility index (Phi) is 8.95. The van der Waals surface area contributed by atoms with Crippen molar-refractivity contribution in [3.63, 3.8) is 0 Å². The number of carbonyl (C=O) groups is 1. The predicted octanol–water partition coefficient (Wildman–Crippen LogP) is 5.60. The summed E-state index contributed by atoms with van der Waals surface area (Å²) in [6, 6.07) is 5.72. The first-order valence-corrected chi connectivity index (χ1v) is 14.1. The van der Waals surface area contributed by atoms with Gasteiger partial charge in [-0.05, 0) is 93.3 Å². The summed E-state index contributed by atoms with van der Waals surface area (Å²) in [5.41, 5.74) is 2.39. The van der Waals surface area contributed by atoms with Gasteiger partial charge in [0.2, 0.25) is 0 Å². The number of likely N-dealkylation sites (tertiary alicyclic amines) is 1. The third-order valence-electron chi connectivity index (χ3n) is 8.10. The van der Waals surface area contributed by atoms with Gasteiger partial charge in [0.1, 0.15) is 5.75 Å². The highest BCUT2D eigenvalue weighted by molar-refractivity contribution is 7.99. The van der Waals surface area contributed by atoms with Crippen LogP contribution in [-0.4, -0.2) is 63.8 Å². The number of carboxylic acid groups (broad SMARTS) is 1. The number of rotatable bonds is 11. The van der Waals surface area contributed by atoms with Crippen LogP contribution in [0.1, 0.15) is 75.0 Å². The topological polar surface area (TPSA) is 82.9 Å². The summed E-state index contributed by atoms with van der Waals surface area (Å²) in [6.07, 6.45) is 9.83. The van der Waals surface area contributed by atoms with Crippen molar-refractivity contribution in [2.45, 2.75) is 76.1 Å². The van der Waals surface area contributed by atoms with E-state index in [0.29, 0.717) is 12.8 Å². The Labute approximate surface area is 213 Å². The van der Waals surface area contributed by atoms with Crippen LogP contribution < -0.4 is 4.74 Å². The highest BCUT2D eigenvalue weighted by Crippen LogP contribution is 2.42. The van der Waals surface area contributed by atoms with E-state index < -0.39 is 12.1 Å². The SMILES string of the molecule is COc1ccc2ncc(C)c([C@@H](O)CCC3(CC(=O)O)CCN(CCSC4CCCC4)CC3)c2c1. The van der Waals surface area contributed by atoms with E-state index in [4.69, 9.17) is 4.74 Å². The predicted molar refractivity (Wildman–Crippen MR) is 142 cm³/mol. The molecule has 1 aliphatic carbocycles. The van der Waals surface area contributed by atoms with Gasteiger partial charge in [-0.25, -0.2) is 0 Å². The van der Waals surface area contributed by atoms with Gasteiger partial charge in [-0.15, -0.1) is 0 Å². The molecule has 1 aliphatic heterocycles. The first-order valence-electron chi connectivity index (χ1n) is 13.1. The molecule has 0 radical (unpaired) electrons. The van der Waals surface area contributed by atoms with Crippen molar-refractivity contribution in [2.75, 3.05) is 32.5 Å². The van der Waals surface area contributed by atoms with Crippen molar-refractivity contribution in [2.24, 2.45) is 5.41 Å². The monoisotopic (exact) mass is 500 g/mol. The van der Waals surface area contributed by atoms with Crippen LogP contribution in [0.5, 0.6) is 5.75 Å². The Morgan fingerprint density at radius 3 is 2.71 bits per heavy atom. The fourth-order valence-corrected chi connectivity index (χ4v) is 7.30. The molecule has 0 unspecified atom stereocenters. The number of piperidine rings is 1. The Morgan fingerprint density at radius 1 is 1.29 bits per heavy atom. The number of thioether (sulfide) groups is 1. The fraction of sp³-hybridized carbons (Fsp3) is 0.643. The van der Waals surface area contributed by atoms with E-state index >= 15 is 0 Å². The van der Waals surface area contributed by atoms with Crippen molar-refractivity contribution in [3.05, 3.63) is 35.5 Å². The number of pyridine rings is 1. The molecule has 6 nitrogen and oxygen atoms in total. The molecule has 1 aromatic carbocycles. The summed E-state index contributed by atoms with van der Waals surface area (Å²) in [7, 11) is 1.63. The van der Waals surface area contributed by atoms with E-state index in [1.807, 2.05) is 31.3 Å². The number of aromatic nitrogens is 1. The zero-order valence-corrected chi connectivity index (χ0v) is 22.0. The smallest absolute Gasteiger partial charge is 0.303 e. The summed E-state index contributed by atoms with van der Waals surface area (Å²) in [6.45, 7) is 4.96. The summed E-state index contributed by atoms with van der Waals surface area (Å²) in [5.74, 6) is 1.17. The molecular weight excluding hydrogens is 460 g/mol. The third-order valence-corrected chi connectivity index (χ3v) is 9.46. The number of hydrogen-bond donors (Lipinski definition) is 2. The molecule has 2 N–H and O–H groups in total. The van der Waals surface area contributed by atoms with Crippen LogP contribution in [0.4, 0.5) is 0 Å². The largest absolute Gasteiger partial charge is 0.497 e. The Balaban J connectivity index is 1.39. The zero-order valence-electron chi connectivity index (χ0n) is 21.2. The summed E-state index contributed by atoms with van der Waals surface area (Å²) < 4.78 is 5.40. The molecule has 0 spiro atoms. The zero-order chi connectivity index (χ0) is 24.8. The average Bonchev–Trinajstić information content (AvgIpc) is 3.36. The van der Waals surface area contributed by atoms with Gasteiger partial charge in [0.25, 0.3) is 0 Å². The number of aliphatic hydroxyl groups is 1. The standard InChI is InChI=1S/C28H40N2O4S/c1-20-19-29-24-8-7-21(34-2)17-23(24)27(20)25(31)9-10-28(18-26(32)33)11-13-30(14-12-28)15-16-35-22-5-3-4-6-22/h7-8,17,19,22,25,31H,3-6,9-16,18H2,1-2H3,(H,32,33)/t25-/m0/s1. The molecule has 0 bridgehead atoms. The normalized spacial score (nSPS) is 19.7. The van der Waals surface area contributed by atoms with Crippen LogP contribution in [0.25, 0.3) is 10.9 Å². The number of carboxylic acids is 1. The van der Waals surface area contributed by atoms with Gasteiger partial charge >= 0.3 is 5.97 Å². The van der Waals surface area contributed by atoms with Gasteiger partial charge in [-0.3, -0.25) is 9.78 Å². The quantitative estimate of drug-likeness (QED) is 0.416. The number of aliphatic carboxylic acids is 1. The van der Waals surface area contributed by atoms with Crippen molar-refractivity contribution < 1.29 is 19.7 Å². The number of fused-ring (bicyclic) bond motifs is 1. The third kappa shape index (κ3) is 6.69. The molecule has 1 saturated carbocycles. The van der Waals surface area contributed by atoms with Crippen molar-refractivity contribution in [1.82, 2.24) is 9.88 Å². The van der Waals surface area contributed by atoms with Gasteiger partial charge in [0, 0.05) is 29.1 Å². The lowest BCUT2D eigenvalue weighted by atomic mass is 9.71. The molecule has 2 heterocycles. The van der Waals surface area contributed by atoms with Crippen LogP contribution in [-0.2, 0) is 4.79 Å². The second-order valence-electron chi connectivity index (χ2n) is 10.5. The lowest BCUT2D eigenvalue weighted by molar-refractivity contribution is -0.141. The lowest BCUT2D eigenvalue weighted by Crippen LogP contribution is -2.42. The van der Waals surface area contributed by atoms with E-state index in [9.17, 15) is 15.0 Å². The number of methoxy groups -OCH3 is 1. The minimum atomic E-state index is -0.736. The van der Waals surface area contributed by atoms with Crippen molar-refractivity contribution >= 4 is 28.6 Å². The maximum absolute atomic E-state index is 11.8. The average molecular weight is 501 g/mol. The highest BCUT2D eigenvalue weighted by atomic mass is 32.2. The van der Waals surface area contributed by atoms with Crippen molar-refractivity contribution in [3.8, 4) is 5.75 Å². The molecule has 0 amide bonds. The second kappa shape index (κ2) is 11.9. The molecule has 35 heavy (non-hydrogen) atoms. The van der Waals surface area contributed by atoms with Crippen LogP contribution in [0.3, 0.4) is 0 Å². The number of aliphatic hydroxyl groups excluding tert-OH is 1. The Bertz CT molecular complexity index is 1000. The summed E-state index contributed by atoms with van der Waals surface area (Å²) >= 11 is 2.12. The van der Waals surface area contributed by atoms with Crippen LogP contribution >= 0.6 is 11.8 Å². The van der Waals surface area contributed by atoms with Gasteiger partial charge in [0.05, 0.1) is 25.2 Å². The molecular formula is C28H40N2O4S. The highest BCUT2D eigenvalue weighted by Gasteiger charge is 2.37. The van der Waals surface area contributed by atoms with Gasteiger partial charge in [-0.2, -0.15) is 11.8 Å². The number of ether oxygens (including phenoxy) is 1. The lowest BCUT2D eigenvalue weighted by Gasteiger charge is -2.41. The van der Waals surface area contributed by atoms with Crippen LogP contribution in [0.2, 0.25) is 0 Å². The molecule has 1 aromatic heterocycles. The minimum absolute atomic E-state index is 0.175. The van der Waals surface area contributed by atoms with Crippen LogP contribution in [0.15, 0.2) is 24.4 Å². The van der Waals surface area contributed by atoms with Gasteiger partial charge in [0.15, 0.2) is 0 Å². The number of aryl methyl sites for hydroxylation is 1. The van der Waals surface area contributed by atoms with E-state index in [1.165, 1.54) is 31.4 Å². The number of hydrogen-bond acceptors (Lipinski definition) is 6. The number of nitrogens with zero attached hydrogens (tertiary/aromatic N) is 2. The Hall–Kier alpha value is -1.83. The molecule has 7 heteroatoms. The van der Waals surface area contributed by atoms with E-state index in [2.05, 4.69) is 21.6 Å². The first-order chi connectivity index (χ1) is 16.9. The molecule has 1 saturated heterocycles. The summed E-state index contributed by atoms with van der Waals surface area (Å²) in [4.78, 5) is 18.8. The van der Waals surface area contributed by atoms with Gasteiger partial charge in [-0.1, -0.05) is 12.8 Å². The molecule has 4 rings (SSSR count). The molecule has 192 valence electrons. The number of benzene rings is 1. The molecule has 2 fully saturated rings. The first kappa shape index (κ1) is 26.2. The molecule has 1 atom stereocenters. The van der Waals surface area contributed by atoms with Crippen LogP contribution in [0, 0.1) is 12.3 Å². The molecule has 2 aromatic rings. The van der Waals surface area contributed by atoms with Gasteiger partial charge < -0.3 is 19.8 Å². The van der Waals surface area contributed by atoms with E-state index in [-0.39, 0.29) is 11.8 Å². The maximum atomic E-state index is 11.8. The fourth-order valence-electron chi connectivity index (χ4n) is 5.94. The maximum Gasteiger partial charge on any atom is 0.303 e. The molecule has 2 aliphatic rings. The summed E-state index contributed by atoms with van der Waals surface area (Å²) in [5, 5.41) is 22.7. The minimum Gasteiger partial charge on any atom is -0.497 e.